The molecule has 1 unspecified atom stereocenters. The molecule has 5 heteroatoms. The number of hydrogen-bond acceptors (Lipinski definition) is 3. The molecule has 0 radical (unpaired) electrons. The molecule has 2 bridgehead atoms. The topological polar surface area (TPSA) is 32.3 Å². The number of nitrogens with zero attached hydrogens (tertiary/aromatic N) is 1. The summed E-state index contributed by atoms with van der Waals surface area (Å²) >= 11 is 1.44. The zero-order chi connectivity index (χ0) is 18.1. The highest BCUT2D eigenvalue weighted by molar-refractivity contribution is 7.21. The zero-order valence-corrected chi connectivity index (χ0v) is 16.2. The second-order valence-corrected chi connectivity index (χ2v) is 9.78. The fraction of sp³-hybridized carbons (Fsp3) is 0.571. The van der Waals surface area contributed by atoms with Gasteiger partial charge in [-0.2, -0.15) is 0 Å². The molecule has 4 fully saturated rings. The van der Waals surface area contributed by atoms with E-state index in [1.165, 1.54) is 11.3 Å². The zero-order valence-electron chi connectivity index (χ0n) is 15.3. The van der Waals surface area contributed by atoms with Crippen molar-refractivity contribution in [2.45, 2.75) is 56.8 Å². The Morgan fingerprint density at radius 1 is 1.27 bits per heavy atom. The minimum absolute atomic E-state index is 0.00429. The highest BCUT2D eigenvalue weighted by Crippen LogP contribution is 2.52. The lowest BCUT2D eigenvalue weighted by Gasteiger charge is -2.56. The van der Waals surface area contributed by atoms with E-state index < -0.39 is 5.67 Å². The van der Waals surface area contributed by atoms with Crippen molar-refractivity contribution in [1.29, 1.82) is 0 Å². The number of piperidine rings is 3. The molecule has 6 rings (SSSR count). The lowest BCUT2D eigenvalue weighted by molar-refractivity contribution is -0.0377. The first-order valence-corrected chi connectivity index (χ1v) is 10.5. The second kappa shape index (κ2) is 5.52. The van der Waals surface area contributed by atoms with Gasteiger partial charge in [0.05, 0.1) is 4.88 Å². The average molecular weight is 373 g/mol. The maximum absolute atomic E-state index is 14.6. The number of alkyl halides is 1. The lowest BCUT2D eigenvalue weighted by atomic mass is 9.72. The molecule has 1 aromatic carbocycles. The van der Waals surface area contributed by atoms with E-state index in [4.69, 9.17) is 0 Å². The first kappa shape index (κ1) is 16.7. The quantitative estimate of drug-likeness (QED) is 0.863. The Hall–Kier alpha value is -1.46. The van der Waals surface area contributed by atoms with Crippen LogP contribution in [-0.4, -0.2) is 35.5 Å². The van der Waals surface area contributed by atoms with Crippen LogP contribution in [0.15, 0.2) is 24.3 Å². The van der Waals surface area contributed by atoms with Crippen LogP contribution in [0.2, 0.25) is 0 Å². The molecule has 3 saturated heterocycles. The number of amides is 1. The van der Waals surface area contributed by atoms with Crippen LogP contribution in [0.5, 0.6) is 0 Å². The normalized spacial score (nSPS) is 31.1. The maximum Gasteiger partial charge on any atom is 0.261 e. The summed E-state index contributed by atoms with van der Waals surface area (Å²) in [6.07, 6.45) is 3.52. The van der Waals surface area contributed by atoms with Crippen molar-refractivity contribution >= 4 is 27.3 Å². The van der Waals surface area contributed by atoms with Crippen molar-refractivity contribution in [1.82, 2.24) is 10.2 Å². The molecule has 3 aliphatic heterocycles. The highest BCUT2D eigenvalue weighted by Gasteiger charge is 2.48. The largest absolute Gasteiger partial charge is 0.346 e. The van der Waals surface area contributed by atoms with Gasteiger partial charge < -0.3 is 5.32 Å². The second-order valence-electron chi connectivity index (χ2n) is 8.73. The van der Waals surface area contributed by atoms with Gasteiger partial charge in [0, 0.05) is 21.8 Å². The number of carbonyl (C=O) groups excluding carboxylic acids is 1. The molecule has 4 aliphatic rings. The summed E-state index contributed by atoms with van der Waals surface area (Å²) in [5, 5.41) is 4.31. The molecule has 1 N–H and O–H groups in total. The van der Waals surface area contributed by atoms with Gasteiger partial charge in [0.2, 0.25) is 0 Å². The average Bonchev–Trinajstić information content (AvgIpc) is 3.21. The van der Waals surface area contributed by atoms with E-state index >= 15 is 0 Å². The van der Waals surface area contributed by atoms with Gasteiger partial charge in [-0.25, -0.2) is 4.39 Å². The van der Waals surface area contributed by atoms with Crippen molar-refractivity contribution < 1.29 is 9.18 Å². The summed E-state index contributed by atoms with van der Waals surface area (Å²) < 4.78 is 15.6. The molecule has 1 amide bonds. The van der Waals surface area contributed by atoms with Gasteiger partial charge >= 0.3 is 0 Å². The van der Waals surface area contributed by atoms with E-state index in [0.717, 1.165) is 41.6 Å². The summed E-state index contributed by atoms with van der Waals surface area (Å²) in [6.45, 7) is 6.75. The molecule has 0 spiro atoms. The van der Waals surface area contributed by atoms with Crippen molar-refractivity contribution in [2.75, 3.05) is 13.1 Å². The number of nitrogens with one attached hydrogen (secondary N) is 1. The van der Waals surface area contributed by atoms with Gasteiger partial charge in [-0.1, -0.05) is 18.2 Å². The van der Waals surface area contributed by atoms with Gasteiger partial charge in [0.15, 0.2) is 0 Å². The van der Waals surface area contributed by atoms with E-state index in [-0.39, 0.29) is 17.5 Å². The van der Waals surface area contributed by atoms with Gasteiger partial charge in [0.1, 0.15) is 5.67 Å². The number of fused-ring (bicyclic) bond motifs is 4. The molecule has 4 heterocycles. The summed E-state index contributed by atoms with van der Waals surface area (Å²) in [7, 11) is 0. The van der Waals surface area contributed by atoms with Crippen LogP contribution >= 0.6 is 11.3 Å². The Bertz CT molecular complexity index is 877. The Labute approximate surface area is 157 Å². The summed E-state index contributed by atoms with van der Waals surface area (Å²) in [6, 6.07) is 7.87. The Morgan fingerprint density at radius 2 is 2.00 bits per heavy atom. The summed E-state index contributed by atoms with van der Waals surface area (Å²) in [5.74, 6) is 0.553. The first-order valence-electron chi connectivity index (χ1n) is 9.66. The monoisotopic (exact) mass is 372 g/mol. The van der Waals surface area contributed by atoms with Crippen molar-refractivity contribution in [3.05, 3.63) is 34.7 Å². The molecule has 26 heavy (non-hydrogen) atoms. The third-order valence-electron chi connectivity index (χ3n) is 6.81. The van der Waals surface area contributed by atoms with Crippen LogP contribution in [-0.2, 0) is 5.67 Å². The Kier molecular flexibility index (Phi) is 3.55. The predicted molar refractivity (Wildman–Crippen MR) is 103 cm³/mol. The number of hydrogen-bond donors (Lipinski definition) is 1. The summed E-state index contributed by atoms with van der Waals surface area (Å²) in [4.78, 5) is 16.2. The van der Waals surface area contributed by atoms with Crippen molar-refractivity contribution in [3.63, 3.8) is 0 Å². The van der Waals surface area contributed by atoms with Gasteiger partial charge in [-0.05, 0) is 70.0 Å². The van der Waals surface area contributed by atoms with E-state index in [9.17, 15) is 9.18 Å². The molecular formula is C21H25FN2OS. The fourth-order valence-corrected chi connectivity index (χ4v) is 6.16. The molecule has 3 nitrogen and oxygen atoms in total. The lowest BCUT2D eigenvalue weighted by Crippen LogP contribution is -2.69. The van der Waals surface area contributed by atoms with Crippen LogP contribution in [0.3, 0.4) is 0 Å². The number of carbonyl (C=O) groups is 1. The van der Waals surface area contributed by atoms with Crippen LogP contribution in [0.25, 0.3) is 10.1 Å². The Morgan fingerprint density at radius 3 is 2.65 bits per heavy atom. The van der Waals surface area contributed by atoms with Crippen LogP contribution in [0, 0.1) is 5.92 Å². The molecule has 2 aromatic rings. The first-order chi connectivity index (χ1) is 12.4. The SMILES string of the molecule is CC1(C)C(NC(=O)c2cc3cccc(C4(F)CC4)c3s2)C2CCN1CC2. The van der Waals surface area contributed by atoms with Crippen molar-refractivity contribution in [3.8, 4) is 0 Å². The molecule has 1 saturated carbocycles. The van der Waals surface area contributed by atoms with Crippen LogP contribution in [0.4, 0.5) is 4.39 Å². The minimum atomic E-state index is -1.17. The standard InChI is InChI=1S/C21H25FN2OS/c1-20(2)18(13-6-10-24(20)11-7-13)23-19(25)16-12-14-4-3-5-15(17(14)26-16)21(22)8-9-21/h3-5,12-13,18H,6-11H2,1-2H3,(H,23,25). The van der Waals surface area contributed by atoms with E-state index in [0.29, 0.717) is 23.6 Å². The molecule has 138 valence electrons. The van der Waals surface area contributed by atoms with E-state index in [1.54, 1.807) is 0 Å². The van der Waals surface area contributed by atoms with E-state index in [2.05, 4.69) is 24.1 Å². The number of thiophene rings is 1. The highest BCUT2D eigenvalue weighted by atomic mass is 32.1. The van der Waals surface area contributed by atoms with Crippen LogP contribution < -0.4 is 5.32 Å². The number of rotatable bonds is 3. The fourth-order valence-electron chi connectivity index (χ4n) is 5.00. The molecule has 1 atom stereocenters. The summed E-state index contributed by atoms with van der Waals surface area (Å²) in [5.41, 5.74) is -0.409. The van der Waals surface area contributed by atoms with Crippen LogP contribution in [0.1, 0.15) is 54.8 Å². The third-order valence-corrected chi connectivity index (χ3v) is 8.00. The molecule has 1 aromatic heterocycles. The maximum atomic E-state index is 14.6. The number of halogens is 1. The van der Waals surface area contributed by atoms with Gasteiger partial charge in [-0.15, -0.1) is 11.3 Å². The number of benzene rings is 1. The minimum Gasteiger partial charge on any atom is -0.346 e. The van der Waals surface area contributed by atoms with Gasteiger partial charge in [-0.3, -0.25) is 9.69 Å². The third kappa shape index (κ3) is 2.43. The van der Waals surface area contributed by atoms with Crippen molar-refractivity contribution in [2.24, 2.45) is 5.92 Å². The smallest absolute Gasteiger partial charge is 0.261 e. The molecule has 1 aliphatic carbocycles. The van der Waals surface area contributed by atoms with Gasteiger partial charge in [0.25, 0.3) is 5.91 Å². The predicted octanol–water partition coefficient (Wildman–Crippen LogP) is 4.46. The Balaban J connectivity index is 1.44. The molecular weight excluding hydrogens is 347 g/mol. The van der Waals surface area contributed by atoms with E-state index in [1.807, 2.05) is 24.3 Å².